The molecule has 0 rings (SSSR count). The molecule has 0 fully saturated rings. The Morgan fingerprint density at radius 2 is 1.27 bits per heavy atom. The largest absolute Gasteiger partial charge is 0.367 e. The highest BCUT2D eigenvalue weighted by atomic mass is 16.5. The van der Waals surface area contributed by atoms with E-state index in [-0.39, 0.29) is 12.2 Å². The minimum absolute atomic E-state index is 0.214. The van der Waals surface area contributed by atoms with Gasteiger partial charge in [0.25, 0.3) is 0 Å². The smallest absolute Gasteiger partial charge is 0.0735 e. The van der Waals surface area contributed by atoms with Crippen LogP contribution in [0.1, 0.15) is 27.7 Å². The van der Waals surface area contributed by atoms with Crippen LogP contribution >= 0.6 is 0 Å². The molecule has 0 spiro atoms. The Hall–Kier alpha value is -0.560. The lowest BCUT2D eigenvalue weighted by atomic mass is 10.3. The van der Waals surface area contributed by atoms with Crippen LogP contribution in [0.2, 0.25) is 0 Å². The predicted molar refractivity (Wildman–Crippen MR) is 49.6 cm³/mol. The molecule has 0 saturated carbocycles. The SMILES string of the molecule is C/C=C\C(C)OC(C)/C=C\C. The number of ether oxygens (including phenoxy) is 1. The monoisotopic (exact) mass is 154 g/mol. The van der Waals surface area contributed by atoms with Gasteiger partial charge in [0.15, 0.2) is 0 Å². The second-order valence-electron chi connectivity index (χ2n) is 2.60. The Morgan fingerprint density at radius 1 is 0.909 bits per heavy atom. The van der Waals surface area contributed by atoms with Gasteiger partial charge in [-0.05, 0) is 27.7 Å². The number of hydrogen-bond acceptors (Lipinski definition) is 1. The van der Waals surface area contributed by atoms with Gasteiger partial charge in [0.2, 0.25) is 0 Å². The van der Waals surface area contributed by atoms with E-state index in [4.69, 9.17) is 4.74 Å². The van der Waals surface area contributed by atoms with Crippen LogP contribution in [0, 0.1) is 0 Å². The first-order valence-electron chi connectivity index (χ1n) is 4.11. The molecule has 0 aromatic rings. The van der Waals surface area contributed by atoms with Crippen LogP contribution in [0.5, 0.6) is 0 Å². The van der Waals surface area contributed by atoms with E-state index in [1.807, 2.05) is 52.0 Å². The van der Waals surface area contributed by atoms with Gasteiger partial charge in [-0.25, -0.2) is 0 Å². The summed E-state index contributed by atoms with van der Waals surface area (Å²) in [5.74, 6) is 0. The van der Waals surface area contributed by atoms with Gasteiger partial charge in [-0.3, -0.25) is 0 Å². The minimum Gasteiger partial charge on any atom is -0.367 e. The molecular formula is C10H18O. The van der Waals surface area contributed by atoms with Crippen molar-refractivity contribution >= 4 is 0 Å². The van der Waals surface area contributed by atoms with Gasteiger partial charge in [0.05, 0.1) is 12.2 Å². The van der Waals surface area contributed by atoms with Crippen molar-refractivity contribution in [2.45, 2.75) is 39.9 Å². The maximum Gasteiger partial charge on any atom is 0.0735 e. The molecule has 0 radical (unpaired) electrons. The van der Waals surface area contributed by atoms with Gasteiger partial charge in [0.1, 0.15) is 0 Å². The molecule has 0 aromatic carbocycles. The van der Waals surface area contributed by atoms with Gasteiger partial charge in [-0.2, -0.15) is 0 Å². The van der Waals surface area contributed by atoms with Gasteiger partial charge < -0.3 is 4.74 Å². The summed E-state index contributed by atoms with van der Waals surface area (Å²) in [5, 5.41) is 0. The highest BCUT2D eigenvalue weighted by Gasteiger charge is 2.00. The maximum atomic E-state index is 5.56. The summed E-state index contributed by atoms with van der Waals surface area (Å²) >= 11 is 0. The van der Waals surface area contributed by atoms with Crippen molar-refractivity contribution in [3.8, 4) is 0 Å². The minimum atomic E-state index is 0.214. The second-order valence-corrected chi connectivity index (χ2v) is 2.60. The van der Waals surface area contributed by atoms with E-state index in [0.29, 0.717) is 0 Å². The fourth-order valence-corrected chi connectivity index (χ4v) is 0.971. The van der Waals surface area contributed by atoms with E-state index >= 15 is 0 Å². The van der Waals surface area contributed by atoms with Crippen molar-refractivity contribution in [1.29, 1.82) is 0 Å². The lowest BCUT2D eigenvalue weighted by Crippen LogP contribution is -2.12. The normalized spacial score (nSPS) is 17.8. The van der Waals surface area contributed by atoms with Crippen molar-refractivity contribution in [3.05, 3.63) is 24.3 Å². The predicted octanol–water partition coefficient (Wildman–Crippen LogP) is 2.93. The zero-order valence-electron chi connectivity index (χ0n) is 7.87. The summed E-state index contributed by atoms with van der Waals surface area (Å²) in [4.78, 5) is 0. The Labute approximate surface area is 69.8 Å². The molecular weight excluding hydrogens is 136 g/mol. The fraction of sp³-hybridized carbons (Fsp3) is 0.600. The first-order chi connectivity index (χ1) is 5.20. The molecule has 0 saturated heterocycles. The number of allylic oxidation sites excluding steroid dienone is 2. The topological polar surface area (TPSA) is 9.23 Å². The third-order valence-corrected chi connectivity index (χ3v) is 1.36. The highest BCUT2D eigenvalue weighted by molar-refractivity contribution is 4.88. The molecule has 0 heterocycles. The molecule has 11 heavy (non-hydrogen) atoms. The molecule has 64 valence electrons. The van der Waals surface area contributed by atoms with Crippen LogP contribution in [0.25, 0.3) is 0 Å². The van der Waals surface area contributed by atoms with E-state index < -0.39 is 0 Å². The number of rotatable bonds is 4. The van der Waals surface area contributed by atoms with Gasteiger partial charge >= 0.3 is 0 Å². The molecule has 0 N–H and O–H groups in total. The zero-order chi connectivity index (χ0) is 8.69. The van der Waals surface area contributed by atoms with E-state index in [0.717, 1.165) is 0 Å². The van der Waals surface area contributed by atoms with Crippen molar-refractivity contribution in [1.82, 2.24) is 0 Å². The Bertz CT molecular complexity index is 120. The summed E-state index contributed by atoms with van der Waals surface area (Å²) < 4.78 is 5.56. The van der Waals surface area contributed by atoms with Crippen molar-refractivity contribution < 1.29 is 4.74 Å². The Balaban J connectivity index is 3.65. The van der Waals surface area contributed by atoms with E-state index in [1.165, 1.54) is 0 Å². The standard InChI is InChI=1S/C10H18O/c1-5-7-9(3)11-10(4)8-6-2/h5-10H,1-4H3/b7-5-,8-6-. The van der Waals surface area contributed by atoms with Crippen molar-refractivity contribution in [2.24, 2.45) is 0 Å². The van der Waals surface area contributed by atoms with E-state index in [9.17, 15) is 0 Å². The van der Waals surface area contributed by atoms with Crippen molar-refractivity contribution in [3.63, 3.8) is 0 Å². The molecule has 1 nitrogen and oxygen atoms in total. The molecule has 0 aromatic heterocycles. The third-order valence-electron chi connectivity index (χ3n) is 1.36. The molecule has 0 amide bonds. The van der Waals surface area contributed by atoms with Crippen LogP contribution < -0.4 is 0 Å². The lowest BCUT2D eigenvalue weighted by molar-refractivity contribution is 0.0630. The molecule has 0 aliphatic carbocycles. The van der Waals surface area contributed by atoms with Crippen molar-refractivity contribution in [2.75, 3.05) is 0 Å². The summed E-state index contributed by atoms with van der Waals surface area (Å²) in [6.45, 7) is 8.08. The molecule has 0 aliphatic rings. The summed E-state index contributed by atoms with van der Waals surface area (Å²) in [6.07, 6.45) is 8.53. The zero-order valence-corrected chi connectivity index (χ0v) is 7.87. The van der Waals surface area contributed by atoms with Gasteiger partial charge in [-0.1, -0.05) is 24.3 Å². The van der Waals surface area contributed by atoms with Crippen LogP contribution in [0.4, 0.5) is 0 Å². The lowest BCUT2D eigenvalue weighted by Gasteiger charge is -2.12. The van der Waals surface area contributed by atoms with Gasteiger partial charge in [-0.15, -0.1) is 0 Å². The molecule has 2 unspecified atom stereocenters. The number of hydrogen-bond donors (Lipinski definition) is 0. The fourth-order valence-electron chi connectivity index (χ4n) is 0.971. The van der Waals surface area contributed by atoms with Gasteiger partial charge in [0, 0.05) is 0 Å². The maximum absolute atomic E-state index is 5.56. The Kier molecular flexibility index (Phi) is 5.86. The average molecular weight is 154 g/mol. The first-order valence-corrected chi connectivity index (χ1v) is 4.11. The highest BCUT2D eigenvalue weighted by Crippen LogP contribution is 2.00. The summed E-state index contributed by atoms with van der Waals surface area (Å²) in [7, 11) is 0. The van der Waals surface area contributed by atoms with Crippen LogP contribution in [0.15, 0.2) is 24.3 Å². The van der Waals surface area contributed by atoms with Crippen LogP contribution in [0.3, 0.4) is 0 Å². The van der Waals surface area contributed by atoms with Crippen LogP contribution in [-0.2, 0) is 4.74 Å². The summed E-state index contributed by atoms with van der Waals surface area (Å²) in [5.41, 5.74) is 0. The quantitative estimate of drug-likeness (QED) is 0.566. The first kappa shape index (κ1) is 10.4. The average Bonchev–Trinajstić information content (AvgIpc) is 1.87. The summed E-state index contributed by atoms with van der Waals surface area (Å²) in [6, 6.07) is 0. The molecule has 0 bridgehead atoms. The molecule has 1 heteroatoms. The Morgan fingerprint density at radius 3 is 1.55 bits per heavy atom. The van der Waals surface area contributed by atoms with Crippen LogP contribution in [-0.4, -0.2) is 12.2 Å². The molecule has 2 atom stereocenters. The van der Waals surface area contributed by atoms with E-state index in [1.54, 1.807) is 0 Å². The third kappa shape index (κ3) is 5.86. The second kappa shape index (κ2) is 6.17. The van der Waals surface area contributed by atoms with E-state index in [2.05, 4.69) is 0 Å². The molecule has 0 aliphatic heterocycles.